The third-order valence-electron chi connectivity index (χ3n) is 8.31. The van der Waals surface area contributed by atoms with Crippen molar-refractivity contribution in [1.29, 1.82) is 5.26 Å². The van der Waals surface area contributed by atoms with Gasteiger partial charge < -0.3 is 28.9 Å². The molecule has 42 heavy (non-hydrogen) atoms. The van der Waals surface area contributed by atoms with Gasteiger partial charge in [0.2, 0.25) is 11.7 Å². The topological polar surface area (TPSA) is 104 Å². The number of nitriles is 1. The number of carbonyl (C=O) groups excluding carboxylic acids is 1. The first kappa shape index (κ1) is 28.1. The van der Waals surface area contributed by atoms with Crippen LogP contribution in [0.5, 0.6) is 17.6 Å². The first-order valence-electron chi connectivity index (χ1n) is 14.2. The number of aromatic nitrogens is 2. The molecule has 0 saturated carbocycles. The van der Waals surface area contributed by atoms with E-state index in [1.807, 2.05) is 41.3 Å². The third-order valence-corrected chi connectivity index (χ3v) is 8.62. The Hall–Kier alpha value is -4.07. The maximum atomic E-state index is 12.5. The lowest BCUT2D eigenvalue weighted by Gasteiger charge is -2.41. The molecule has 0 spiro atoms. The highest BCUT2D eigenvalue weighted by molar-refractivity contribution is 6.35. The van der Waals surface area contributed by atoms with Crippen molar-refractivity contribution in [2.24, 2.45) is 0 Å². The molecule has 218 valence electrons. The molecule has 3 atom stereocenters. The van der Waals surface area contributed by atoms with Crippen LogP contribution in [-0.2, 0) is 4.79 Å². The molecule has 1 amide bonds. The molecule has 3 aliphatic rings. The summed E-state index contributed by atoms with van der Waals surface area (Å²) in [6, 6.07) is 14.2. The Morgan fingerprint density at radius 1 is 1.21 bits per heavy atom. The number of ether oxygens (including phenoxy) is 3. The second-order valence-electron chi connectivity index (χ2n) is 10.9. The summed E-state index contributed by atoms with van der Waals surface area (Å²) in [6.45, 7) is 6.64. The number of likely N-dealkylation sites (tertiary alicyclic amines) is 1. The van der Waals surface area contributed by atoms with Gasteiger partial charge in [-0.3, -0.25) is 4.79 Å². The molecule has 0 aliphatic carbocycles. The van der Waals surface area contributed by atoms with E-state index in [0.717, 1.165) is 35.7 Å². The van der Waals surface area contributed by atoms with E-state index in [0.29, 0.717) is 42.8 Å². The van der Waals surface area contributed by atoms with Gasteiger partial charge in [-0.05, 0) is 44.0 Å². The van der Waals surface area contributed by atoms with Crippen molar-refractivity contribution in [1.82, 2.24) is 19.8 Å². The second kappa shape index (κ2) is 12.0. The molecule has 0 radical (unpaired) electrons. The SMILES string of the molecule is C=CC(=O)N1CCN(c2nc(OC[C@@H]3CCCN3C)nc3c2OCC(c2cccc4cccc(Cl)c24)O3)C[C@@H]1CC#N. The molecular weight excluding hydrogens is 556 g/mol. The van der Waals surface area contributed by atoms with Crippen LogP contribution in [0.25, 0.3) is 10.8 Å². The van der Waals surface area contributed by atoms with Gasteiger partial charge in [-0.2, -0.15) is 15.2 Å². The largest absolute Gasteiger partial charge is 0.481 e. The first-order valence-corrected chi connectivity index (χ1v) is 14.6. The number of likely N-dealkylation sites (N-methyl/N-ethyl adjacent to an activating group) is 1. The van der Waals surface area contributed by atoms with Crippen LogP contribution in [0.2, 0.25) is 5.02 Å². The van der Waals surface area contributed by atoms with E-state index >= 15 is 0 Å². The highest BCUT2D eigenvalue weighted by Gasteiger charge is 2.36. The van der Waals surface area contributed by atoms with Gasteiger partial charge in [0.15, 0.2) is 11.9 Å². The summed E-state index contributed by atoms with van der Waals surface area (Å²) in [4.78, 5) is 27.9. The Balaban J connectivity index is 1.34. The maximum absolute atomic E-state index is 12.5. The Kier molecular flexibility index (Phi) is 8.05. The minimum Gasteiger partial charge on any atom is -0.481 e. The van der Waals surface area contributed by atoms with Crippen LogP contribution in [0, 0.1) is 11.3 Å². The van der Waals surface area contributed by atoms with Crippen LogP contribution in [0.4, 0.5) is 5.82 Å². The van der Waals surface area contributed by atoms with E-state index in [9.17, 15) is 10.1 Å². The molecule has 1 unspecified atom stereocenters. The summed E-state index contributed by atoms with van der Waals surface area (Å²) in [5.41, 5.74) is 0.907. The Labute approximate surface area is 250 Å². The standard InChI is InChI=1S/C31H33ClN6O4/c1-3-26(39)38-16-15-37(17-21(38)12-13-33)29-28-30(35-31(34-29)41-18-22-9-6-14-36(22)2)42-25(19-40-28)23-10-4-7-20-8-5-11-24(32)27(20)23/h3-5,7-8,10-11,21-22,25H,1,6,9,12,14-19H2,2H3/t21-,22-,25?/m0/s1. The third kappa shape index (κ3) is 5.42. The zero-order valence-corrected chi connectivity index (χ0v) is 24.3. The maximum Gasteiger partial charge on any atom is 0.322 e. The number of rotatable bonds is 7. The van der Waals surface area contributed by atoms with Crippen LogP contribution in [0.1, 0.15) is 30.9 Å². The van der Waals surface area contributed by atoms with Crippen molar-refractivity contribution in [3.8, 4) is 23.7 Å². The number of benzene rings is 2. The van der Waals surface area contributed by atoms with Crippen LogP contribution in [-0.4, -0.2) is 84.2 Å². The summed E-state index contributed by atoms with van der Waals surface area (Å²) < 4.78 is 19.0. The van der Waals surface area contributed by atoms with Crippen molar-refractivity contribution in [3.63, 3.8) is 0 Å². The van der Waals surface area contributed by atoms with Gasteiger partial charge in [0.05, 0.1) is 18.5 Å². The monoisotopic (exact) mass is 588 g/mol. The summed E-state index contributed by atoms with van der Waals surface area (Å²) in [6.07, 6.45) is 3.19. The molecule has 3 aliphatic heterocycles. The van der Waals surface area contributed by atoms with E-state index in [4.69, 9.17) is 30.8 Å². The fourth-order valence-electron chi connectivity index (χ4n) is 6.05. The van der Waals surface area contributed by atoms with E-state index in [1.165, 1.54) is 6.08 Å². The molecule has 2 fully saturated rings. The Bertz CT molecular complexity index is 1540. The van der Waals surface area contributed by atoms with Crippen molar-refractivity contribution >= 4 is 34.1 Å². The van der Waals surface area contributed by atoms with E-state index in [-0.39, 0.29) is 42.9 Å². The van der Waals surface area contributed by atoms with Crippen molar-refractivity contribution in [3.05, 3.63) is 59.6 Å². The molecule has 6 rings (SSSR count). The van der Waals surface area contributed by atoms with Gasteiger partial charge in [-0.15, -0.1) is 0 Å². The molecule has 11 heteroatoms. The first-order chi connectivity index (χ1) is 20.5. The zero-order chi connectivity index (χ0) is 29.2. The zero-order valence-electron chi connectivity index (χ0n) is 23.5. The summed E-state index contributed by atoms with van der Waals surface area (Å²) in [7, 11) is 2.09. The molecular formula is C31H33ClN6O4. The number of anilines is 1. The lowest BCUT2D eigenvalue weighted by molar-refractivity contribution is -0.128. The summed E-state index contributed by atoms with van der Waals surface area (Å²) >= 11 is 6.62. The average molecular weight is 589 g/mol. The highest BCUT2D eigenvalue weighted by Crippen LogP contribution is 2.44. The second-order valence-corrected chi connectivity index (χ2v) is 11.3. The normalized spacial score (nSPS) is 22.2. The molecule has 0 bridgehead atoms. The van der Waals surface area contributed by atoms with E-state index < -0.39 is 6.10 Å². The fraction of sp³-hybridized carbons (Fsp3) is 0.419. The summed E-state index contributed by atoms with van der Waals surface area (Å²) in [5, 5.41) is 12.0. The molecule has 1 aromatic heterocycles. The number of amides is 1. The number of hydrogen-bond acceptors (Lipinski definition) is 9. The van der Waals surface area contributed by atoms with Crippen molar-refractivity contribution in [2.75, 3.05) is 51.3 Å². The number of hydrogen-bond donors (Lipinski definition) is 0. The predicted molar refractivity (Wildman–Crippen MR) is 159 cm³/mol. The number of piperazine rings is 1. The van der Waals surface area contributed by atoms with Gasteiger partial charge in [0.25, 0.3) is 5.88 Å². The van der Waals surface area contributed by atoms with Crippen LogP contribution >= 0.6 is 11.6 Å². The molecule has 2 saturated heterocycles. The average Bonchev–Trinajstić information content (AvgIpc) is 3.43. The fourth-order valence-corrected chi connectivity index (χ4v) is 6.34. The molecule has 2 aromatic carbocycles. The minimum absolute atomic E-state index is 0.183. The molecule has 10 nitrogen and oxygen atoms in total. The van der Waals surface area contributed by atoms with E-state index in [1.54, 1.807) is 4.90 Å². The highest BCUT2D eigenvalue weighted by atomic mass is 35.5. The van der Waals surface area contributed by atoms with Crippen LogP contribution < -0.4 is 19.1 Å². The van der Waals surface area contributed by atoms with Gasteiger partial charge in [0, 0.05) is 41.6 Å². The lowest BCUT2D eigenvalue weighted by Crippen LogP contribution is -2.55. The molecule has 4 heterocycles. The Morgan fingerprint density at radius 3 is 2.81 bits per heavy atom. The smallest absolute Gasteiger partial charge is 0.322 e. The predicted octanol–water partition coefficient (Wildman–Crippen LogP) is 4.39. The van der Waals surface area contributed by atoms with Gasteiger partial charge in [-0.1, -0.05) is 48.5 Å². The number of halogens is 1. The number of nitrogens with zero attached hydrogens (tertiary/aromatic N) is 6. The number of carbonyl (C=O) groups is 1. The van der Waals surface area contributed by atoms with Crippen molar-refractivity contribution < 1.29 is 19.0 Å². The lowest BCUT2D eigenvalue weighted by atomic mass is 10.00. The summed E-state index contributed by atoms with van der Waals surface area (Å²) in [5.74, 6) is 1.04. The Morgan fingerprint density at radius 2 is 2.05 bits per heavy atom. The van der Waals surface area contributed by atoms with Gasteiger partial charge >= 0.3 is 6.01 Å². The van der Waals surface area contributed by atoms with Crippen LogP contribution in [0.3, 0.4) is 0 Å². The van der Waals surface area contributed by atoms with E-state index in [2.05, 4.69) is 29.6 Å². The van der Waals surface area contributed by atoms with Gasteiger partial charge in [0.1, 0.15) is 13.2 Å². The molecule has 0 N–H and O–H groups in total. The van der Waals surface area contributed by atoms with Crippen LogP contribution in [0.15, 0.2) is 49.1 Å². The molecule has 3 aromatic rings. The van der Waals surface area contributed by atoms with Crippen molar-refractivity contribution in [2.45, 2.75) is 37.5 Å². The minimum atomic E-state index is -0.453. The number of fused-ring (bicyclic) bond motifs is 2. The van der Waals surface area contributed by atoms with Gasteiger partial charge in [-0.25, -0.2) is 0 Å². The quantitative estimate of drug-likeness (QED) is 0.372.